The number of rotatable bonds is 5. The molecule has 0 aliphatic rings. The fourth-order valence-corrected chi connectivity index (χ4v) is 1.72. The van der Waals surface area contributed by atoms with Gasteiger partial charge in [-0.2, -0.15) is 8.78 Å². The van der Waals surface area contributed by atoms with E-state index >= 15 is 0 Å². The van der Waals surface area contributed by atoms with E-state index < -0.39 is 12.4 Å². The predicted molar refractivity (Wildman–Crippen MR) is 67.3 cm³/mol. The average molecular weight is 279 g/mol. The zero-order chi connectivity index (χ0) is 14.5. The lowest BCUT2D eigenvalue weighted by Crippen LogP contribution is -2.10. The number of carbonyl (C=O) groups excluding carboxylic acids is 1. The van der Waals surface area contributed by atoms with Crippen LogP contribution in [0.3, 0.4) is 0 Å². The van der Waals surface area contributed by atoms with Gasteiger partial charge in [0.05, 0.1) is 12.7 Å². The summed E-state index contributed by atoms with van der Waals surface area (Å²) in [5.74, 6) is -0.674. The lowest BCUT2D eigenvalue weighted by atomic mass is 10.0. The number of ether oxygens (including phenoxy) is 2. The molecule has 0 amide bonds. The summed E-state index contributed by atoms with van der Waals surface area (Å²) in [5.41, 5.74) is 0.275. The molecule has 2 rings (SSSR count). The standard InChI is InChI=1S/C14H11F2NO3/c1-19-11-6-2-5-10(13(11)20-14(15)16)12(18)9-4-3-7-17-8-9/h2-8,14H,1H3. The van der Waals surface area contributed by atoms with E-state index in [4.69, 9.17) is 4.74 Å². The van der Waals surface area contributed by atoms with Crippen LogP contribution in [0.2, 0.25) is 0 Å². The molecule has 104 valence electrons. The molecule has 1 aromatic heterocycles. The molecule has 0 aliphatic carbocycles. The second-order valence-electron chi connectivity index (χ2n) is 3.79. The summed E-state index contributed by atoms with van der Waals surface area (Å²) in [7, 11) is 1.31. The second-order valence-corrected chi connectivity index (χ2v) is 3.79. The van der Waals surface area contributed by atoms with Gasteiger partial charge in [-0.15, -0.1) is 0 Å². The maximum atomic E-state index is 12.5. The zero-order valence-corrected chi connectivity index (χ0v) is 10.5. The van der Waals surface area contributed by atoms with Gasteiger partial charge in [0.2, 0.25) is 0 Å². The number of pyridine rings is 1. The molecule has 0 radical (unpaired) electrons. The van der Waals surface area contributed by atoms with Gasteiger partial charge >= 0.3 is 6.61 Å². The fraction of sp³-hybridized carbons (Fsp3) is 0.143. The number of carbonyl (C=O) groups is 1. The van der Waals surface area contributed by atoms with Crippen molar-refractivity contribution in [1.29, 1.82) is 0 Å². The molecule has 1 aromatic carbocycles. The third-order valence-corrected chi connectivity index (χ3v) is 2.57. The van der Waals surface area contributed by atoms with Gasteiger partial charge in [0.1, 0.15) is 0 Å². The highest BCUT2D eigenvalue weighted by atomic mass is 19.3. The van der Waals surface area contributed by atoms with Crippen molar-refractivity contribution in [3.8, 4) is 11.5 Å². The Morgan fingerprint density at radius 1 is 1.25 bits per heavy atom. The van der Waals surface area contributed by atoms with Crippen molar-refractivity contribution in [2.24, 2.45) is 0 Å². The number of hydrogen-bond donors (Lipinski definition) is 0. The quantitative estimate of drug-likeness (QED) is 0.790. The molecule has 0 aliphatic heterocycles. The third kappa shape index (κ3) is 2.90. The van der Waals surface area contributed by atoms with Crippen LogP contribution in [-0.2, 0) is 0 Å². The van der Waals surface area contributed by atoms with Crippen molar-refractivity contribution in [2.45, 2.75) is 6.61 Å². The van der Waals surface area contributed by atoms with Gasteiger partial charge in [0.25, 0.3) is 0 Å². The molecule has 0 atom stereocenters. The highest BCUT2D eigenvalue weighted by Crippen LogP contribution is 2.33. The van der Waals surface area contributed by atoms with Crippen molar-refractivity contribution in [3.63, 3.8) is 0 Å². The summed E-state index contributed by atoms with van der Waals surface area (Å²) in [5, 5.41) is 0. The molecule has 4 nitrogen and oxygen atoms in total. The minimum Gasteiger partial charge on any atom is -0.493 e. The number of para-hydroxylation sites is 1. The molecule has 0 saturated heterocycles. The molecule has 20 heavy (non-hydrogen) atoms. The van der Waals surface area contributed by atoms with Gasteiger partial charge in [0.15, 0.2) is 17.3 Å². The first-order valence-corrected chi connectivity index (χ1v) is 5.70. The van der Waals surface area contributed by atoms with E-state index in [0.29, 0.717) is 0 Å². The van der Waals surface area contributed by atoms with Gasteiger partial charge in [-0.1, -0.05) is 6.07 Å². The van der Waals surface area contributed by atoms with Crippen LogP contribution in [0, 0.1) is 0 Å². The molecule has 6 heteroatoms. The van der Waals surface area contributed by atoms with E-state index in [9.17, 15) is 13.6 Å². The van der Waals surface area contributed by atoms with Crippen molar-refractivity contribution >= 4 is 5.78 Å². The summed E-state index contributed by atoms with van der Waals surface area (Å²) in [6, 6.07) is 7.50. The monoisotopic (exact) mass is 279 g/mol. The number of ketones is 1. The second kappa shape index (κ2) is 6.10. The summed E-state index contributed by atoms with van der Waals surface area (Å²) in [4.78, 5) is 16.1. The highest BCUT2D eigenvalue weighted by molar-refractivity contribution is 6.11. The molecule has 0 bridgehead atoms. The van der Waals surface area contributed by atoms with Crippen LogP contribution < -0.4 is 9.47 Å². The first-order valence-electron chi connectivity index (χ1n) is 5.70. The Morgan fingerprint density at radius 2 is 2.05 bits per heavy atom. The number of methoxy groups -OCH3 is 1. The Balaban J connectivity index is 2.48. The minimum absolute atomic E-state index is 0.00218. The topological polar surface area (TPSA) is 48.4 Å². The van der Waals surface area contributed by atoms with Crippen LogP contribution in [0.5, 0.6) is 11.5 Å². The molecule has 0 N–H and O–H groups in total. The van der Waals surface area contributed by atoms with E-state index in [0.717, 1.165) is 0 Å². The summed E-state index contributed by atoms with van der Waals surface area (Å²) in [6.45, 7) is -3.05. The number of alkyl halides is 2. The van der Waals surface area contributed by atoms with E-state index in [1.165, 1.54) is 37.7 Å². The normalized spacial score (nSPS) is 10.4. The van der Waals surface area contributed by atoms with Crippen molar-refractivity contribution in [3.05, 3.63) is 53.9 Å². The number of nitrogens with zero attached hydrogens (tertiary/aromatic N) is 1. The summed E-state index contributed by atoms with van der Waals surface area (Å²) < 4.78 is 34.3. The Hall–Kier alpha value is -2.50. The van der Waals surface area contributed by atoms with Crippen LogP contribution in [0.25, 0.3) is 0 Å². The predicted octanol–water partition coefficient (Wildman–Crippen LogP) is 2.92. The number of aromatic nitrogens is 1. The van der Waals surface area contributed by atoms with Crippen molar-refractivity contribution in [1.82, 2.24) is 4.98 Å². The van der Waals surface area contributed by atoms with Crippen LogP contribution in [-0.4, -0.2) is 24.5 Å². The Kier molecular flexibility index (Phi) is 4.24. The maximum absolute atomic E-state index is 12.5. The average Bonchev–Trinajstić information content (AvgIpc) is 2.47. The Bertz CT molecular complexity index is 603. The lowest BCUT2D eigenvalue weighted by molar-refractivity contribution is -0.0514. The van der Waals surface area contributed by atoms with Crippen LogP contribution in [0.15, 0.2) is 42.7 Å². The highest BCUT2D eigenvalue weighted by Gasteiger charge is 2.21. The van der Waals surface area contributed by atoms with Gasteiger partial charge in [-0.3, -0.25) is 9.78 Å². The van der Waals surface area contributed by atoms with Gasteiger partial charge in [-0.05, 0) is 24.3 Å². The first-order chi connectivity index (χ1) is 9.63. The van der Waals surface area contributed by atoms with Crippen molar-refractivity contribution in [2.75, 3.05) is 7.11 Å². The minimum atomic E-state index is -3.05. The summed E-state index contributed by atoms with van der Waals surface area (Å²) >= 11 is 0. The first kappa shape index (κ1) is 13.9. The van der Waals surface area contributed by atoms with Crippen LogP contribution in [0.1, 0.15) is 15.9 Å². The van der Waals surface area contributed by atoms with E-state index in [1.54, 1.807) is 12.1 Å². The number of halogens is 2. The van der Waals surface area contributed by atoms with Gasteiger partial charge < -0.3 is 9.47 Å². The molecular weight excluding hydrogens is 268 g/mol. The van der Waals surface area contributed by atoms with E-state index in [2.05, 4.69) is 9.72 Å². The molecule has 1 heterocycles. The lowest BCUT2D eigenvalue weighted by Gasteiger charge is -2.13. The summed E-state index contributed by atoms with van der Waals surface area (Å²) in [6.07, 6.45) is 2.87. The smallest absolute Gasteiger partial charge is 0.387 e. The molecule has 2 aromatic rings. The fourth-order valence-electron chi connectivity index (χ4n) is 1.72. The Labute approximate surface area is 114 Å². The van der Waals surface area contributed by atoms with Crippen LogP contribution in [0.4, 0.5) is 8.78 Å². The Morgan fingerprint density at radius 3 is 2.65 bits per heavy atom. The number of benzene rings is 1. The molecule has 0 spiro atoms. The van der Waals surface area contributed by atoms with E-state index in [1.807, 2.05) is 0 Å². The van der Waals surface area contributed by atoms with E-state index in [-0.39, 0.29) is 22.6 Å². The zero-order valence-electron chi connectivity index (χ0n) is 10.5. The number of hydrogen-bond acceptors (Lipinski definition) is 4. The van der Waals surface area contributed by atoms with Gasteiger partial charge in [0, 0.05) is 18.0 Å². The van der Waals surface area contributed by atoms with Crippen LogP contribution >= 0.6 is 0 Å². The molecule has 0 unspecified atom stereocenters. The van der Waals surface area contributed by atoms with Gasteiger partial charge in [-0.25, -0.2) is 0 Å². The van der Waals surface area contributed by atoms with Crippen molar-refractivity contribution < 1.29 is 23.0 Å². The molecule has 0 fully saturated rings. The third-order valence-electron chi connectivity index (χ3n) is 2.57. The largest absolute Gasteiger partial charge is 0.493 e. The maximum Gasteiger partial charge on any atom is 0.387 e. The molecular formula is C14H11F2NO3. The molecule has 0 saturated carbocycles. The SMILES string of the molecule is COc1cccc(C(=O)c2cccnc2)c1OC(F)F.